The third-order valence-corrected chi connectivity index (χ3v) is 8.80. The van der Waals surface area contributed by atoms with Crippen LogP contribution < -0.4 is 15.4 Å². The van der Waals surface area contributed by atoms with E-state index in [4.69, 9.17) is 26.4 Å². The van der Waals surface area contributed by atoms with Crippen LogP contribution in [0.5, 0.6) is 5.75 Å². The predicted molar refractivity (Wildman–Crippen MR) is 170 cm³/mol. The second-order valence-electron chi connectivity index (χ2n) is 12.3. The normalized spacial score (nSPS) is 15.5. The zero-order chi connectivity index (χ0) is 30.3. The van der Waals surface area contributed by atoms with Crippen LogP contribution >= 0.6 is 11.6 Å². The number of hydrogen-bond acceptors (Lipinski definition) is 7. The molecule has 43 heavy (non-hydrogen) atoms. The molecule has 1 aliphatic heterocycles. The number of rotatable bonds is 6. The number of methoxy groups -OCH3 is 1. The van der Waals surface area contributed by atoms with Crippen LogP contribution in [-0.4, -0.2) is 62.3 Å². The molecule has 0 unspecified atom stereocenters. The molecule has 0 bridgehead atoms. The van der Waals surface area contributed by atoms with Gasteiger partial charge in [0, 0.05) is 59.6 Å². The van der Waals surface area contributed by atoms with Crippen LogP contribution in [0.15, 0.2) is 48.7 Å². The van der Waals surface area contributed by atoms with Crippen LogP contribution in [0.4, 0.5) is 11.6 Å². The van der Waals surface area contributed by atoms with Crippen molar-refractivity contribution in [1.29, 1.82) is 0 Å². The molecule has 2 aromatic heterocycles. The van der Waals surface area contributed by atoms with Crippen molar-refractivity contribution in [2.45, 2.75) is 58.0 Å². The molecule has 224 valence electrons. The first-order valence-electron chi connectivity index (χ1n) is 14.8. The van der Waals surface area contributed by atoms with E-state index in [2.05, 4.69) is 41.3 Å². The first-order valence-corrected chi connectivity index (χ1v) is 15.2. The lowest BCUT2D eigenvalue weighted by molar-refractivity contribution is 0.0812. The lowest BCUT2D eigenvalue weighted by Gasteiger charge is -2.41. The molecule has 2 aliphatic rings. The highest BCUT2D eigenvalue weighted by Gasteiger charge is 2.29. The molecule has 6 rings (SSSR count). The van der Waals surface area contributed by atoms with E-state index in [0.29, 0.717) is 28.0 Å². The van der Waals surface area contributed by atoms with Crippen LogP contribution in [-0.2, 0) is 19.9 Å². The number of fused-ring (bicyclic) bond motifs is 3. The fourth-order valence-corrected chi connectivity index (χ4v) is 6.33. The number of aromatic nitrogens is 4. The quantitative estimate of drug-likeness (QED) is 0.279. The molecule has 1 aliphatic carbocycles. The van der Waals surface area contributed by atoms with E-state index in [1.54, 1.807) is 19.2 Å². The minimum Gasteiger partial charge on any atom is -0.495 e. The van der Waals surface area contributed by atoms with E-state index < -0.39 is 0 Å². The molecule has 1 amide bonds. The molecule has 0 radical (unpaired) electrons. The zero-order valence-electron chi connectivity index (χ0n) is 25.4. The first kappa shape index (κ1) is 29.1. The molecule has 2 aromatic carbocycles. The van der Waals surface area contributed by atoms with E-state index in [1.807, 2.05) is 48.3 Å². The number of aryl methyl sites for hydroxylation is 3. The average Bonchev–Trinajstić information content (AvgIpc) is 3.33. The largest absolute Gasteiger partial charge is 0.495 e. The summed E-state index contributed by atoms with van der Waals surface area (Å²) in [6.45, 7) is 8.65. The number of piperidine rings is 1. The van der Waals surface area contributed by atoms with Crippen LogP contribution in [0, 0.1) is 0 Å². The summed E-state index contributed by atoms with van der Waals surface area (Å²) in [4.78, 5) is 25.2. The number of halogens is 1. The van der Waals surface area contributed by atoms with E-state index in [9.17, 15) is 4.79 Å². The third kappa shape index (κ3) is 5.84. The number of hydrogen-bond donors (Lipinski definition) is 2. The van der Waals surface area contributed by atoms with E-state index >= 15 is 0 Å². The van der Waals surface area contributed by atoms with Gasteiger partial charge in [0.15, 0.2) is 0 Å². The van der Waals surface area contributed by atoms with Gasteiger partial charge in [-0.15, -0.1) is 0 Å². The first-order chi connectivity index (χ1) is 20.6. The van der Waals surface area contributed by atoms with Crippen LogP contribution in [0.1, 0.15) is 55.2 Å². The number of benzene rings is 2. The molecule has 4 aromatic rings. The molecule has 0 saturated carbocycles. The summed E-state index contributed by atoms with van der Waals surface area (Å²) in [6, 6.07) is 13.3. The topological polar surface area (TPSA) is 97.2 Å². The Morgan fingerprint density at radius 2 is 1.86 bits per heavy atom. The number of likely N-dealkylation sites (tertiary alicyclic amines) is 1. The van der Waals surface area contributed by atoms with Crippen LogP contribution in [0.25, 0.3) is 22.5 Å². The number of amides is 1. The van der Waals surface area contributed by atoms with Gasteiger partial charge in [-0.3, -0.25) is 14.4 Å². The van der Waals surface area contributed by atoms with E-state index in [0.717, 1.165) is 72.5 Å². The predicted octanol–water partition coefficient (Wildman–Crippen LogP) is 6.04. The Hall–Kier alpha value is -3.95. The number of anilines is 2. The summed E-state index contributed by atoms with van der Waals surface area (Å²) in [7, 11) is 3.53. The fourth-order valence-electron chi connectivity index (χ4n) is 6.10. The Kier molecular flexibility index (Phi) is 7.87. The number of ether oxygens (including phenoxy) is 1. The molecule has 10 heteroatoms. The molecule has 3 heterocycles. The number of nitrogens with zero attached hydrogens (tertiary/aromatic N) is 5. The second kappa shape index (κ2) is 11.6. The van der Waals surface area contributed by atoms with Gasteiger partial charge in [0.1, 0.15) is 5.75 Å². The summed E-state index contributed by atoms with van der Waals surface area (Å²) >= 11 is 6.61. The Bertz CT molecular complexity index is 1670. The van der Waals surface area contributed by atoms with Gasteiger partial charge in [-0.05, 0) is 76.3 Å². The van der Waals surface area contributed by atoms with Crippen molar-refractivity contribution in [1.82, 2.24) is 30.0 Å². The van der Waals surface area contributed by atoms with Gasteiger partial charge in [-0.1, -0.05) is 29.8 Å². The van der Waals surface area contributed by atoms with Gasteiger partial charge in [0.05, 0.1) is 29.9 Å². The van der Waals surface area contributed by atoms with Gasteiger partial charge in [-0.2, -0.15) is 5.10 Å². The van der Waals surface area contributed by atoms with Gasteiger partial charge >= 0.3 is 0 Å². The average molecular weight is 600 g/mol. The minimum atomic E-state index is -0.0969. The van der Waals surface area contributed by atoms with Crippen molar-refractivity contribution in [2.75, 3.05) is 25.5 Å². The Balaban J connectivity index is 1.22. The maximum atomic E-state index is 13.1. The van der Waals surface area contributed by atoms with Crippen molar-refractivity contribution in [3.05, 3.63) is 70.5 Å². The molecule has 2 N–H and O–H groups in total. The highest BCUT2D eigenvalue weighted by atomic mass is 35.5. The summed E-state index contributed by atoms with van der Waals surface area (Å²) in [5.41, 5.74) is 7.09. The highest BCUT2D eigenvalue weighted by molar-refractivity contribution is 6.33. The summed E-state index contributed by atoms with van der Waals surface area (Å²) in [5, 5.41) is 12.0. The maximum Gasteiger partial charge on any atom is 0.251 e. The second-order valence-corrected chi connectivity index (χ2v) is 12.7. The van der Waals surface area contributed by atoms with Gasteiger partial charge in [-0.25, -0.2) is 9.97 Å². The van der Waals surface area contributed by atoms with E-state index in [1.165, 1.54) is 0 Å². The Morgan fingerprint density at radius 1 is 1.09 bits per heavy atom. The minimum absolute atomic E-state index is 0.0969. The number of carbonyl (C=O) groups excluding carboxylic acids is 1. The number of nitrogens with one attached hydrogen (secondary N) is 2. The van der Waals surface area contributed by atoms with Crippen molar-refractivity contribution in [2.24, 2.45) is 7.05 Å². The third-order valence-electron chi connectivity index (χ3n) is 8.47. The Morgan fingerprint density at radius 3 is 2.58 bits per heavy atom. The van der Waals surface area contributed by atoms with Crippen LogP contribution in [0.2, 0.25) is 5.02 Å². The molecular weight excluding hydrogens is 562 g/mol. The lowest BCUT2D eigenvalue weighted by atomic mass is 9.91. The van der Waals surface area contributed by atoms with Crippen LogP contribution in [0.3, 0.4) is 0 Å². The standard InChI is InChI=1S/C33H38ClN7O2/c1-33(2,3)41-16-14-22(15-17-41)36-31(42)20-10-12-25(27(18-20)43-5)37-32-35-19-21-11-13-26-28(29(21)38-32)30(40(4)39-26)23-8-6-7-9-24(23)34/h6-10,12,18-19,22H,11,13-17H2,1-5H3,(H,36,42)(H,35,37,38). The fraction of sp³-hybridized carbons (Fsp3) is 0.394. The summed E-state index contributed by atoms with van der Waals surface area (Å²) in [6.07, 6.45) is 5.36. The van der Waals surface area contributed by atoms with E-state index in [-0.39, 0.29) is 17.5 Å². The van der Waals surface area contributed by atoms with Gasteiger partial charge < -0.3 is 15.4 Å². The van der Waals surface area contributed by atoms with Crippen molar-refractivity contribution in [3.63, 3.8) is 0 Å². The molecule has 0 spiro atoms. The van der Waals surface area contributed by atoms with Crippen molar-refractivity contribution < 1.29 is 9.53 Å². The summed E-state index contributed by atoms with van der Waals surface area (Å²) < 4.78 is 7.57. The SMILES string of the molecule is COc1cc(C(=O)NC2CCN(C(C)(C)C)CC2)ccc1Nc1ncc2c(n1)-c1c(nn(C)c1-c1ccccc1Cl)CC2. The highest BCUT2D eigenvalue weighted by Crippen LogP contribution is 2.42. The summed E-state index contributed by atoms with van der Waals surface area (Å²) in [5.74, 6) is 0.873. The molecule has 1 fully saturated rings. The maximum absolute atomic E-state index is 13.1. The lowest BCUT2D eigenvalue weighted by Crippen LogP contribution is -2.50. The van der Waals surface area contributed by atoms with Gasteiger partial charge in [0.2, 0.25) is 5.95 Å². The Labute approximate surface area is 257 Å². The monoisotopic (exact) mass is 599 g/mol. The van der Waals surface area contributed by atoms with Crippen molar-refractivity contribution in [3.8, 4) is 28.3 Å². The molecular formula is C33H38ClN7O2. The smallest absolute Gasteiger partial charge is 0.251 e. The van der Waals surface area contributed by atoms with Gasteiger partial charge in [0.25, 0.3) is 5.91 Å². The molecule has 0 atom stereocenters. The van der Waals surface area contributed by atoms with Crippen molar-refractivity contribution >= 4 is 29.1 Å². The molecule has 9 nitrogen and oxygen atoms in total. The molecule has 1 saturated heterocycles. The number of carbonyl (C=O) groups is 1. The zero-order valence-corrected chi connectivity index (χ0v) is 26.1.